The lowest BCUT2D eigenvalue weighted by molar-refractivity contribution is -0.132. The standard InChI is InChI=1S/C17H30N4O/c18-10-4-6-12-21(13-7-5-11-19)17(22)16(20)14-15-8-2-1-3-9-15/h1-3,8-9,16H,4-7,10-14,18-20H2/t16-/m1/s1. The molecule has 1 aromatic carbocycles. The van der Waals surface area contributed by atoms with Gasteiger partial charge >= 0.3 is 0 Å². The van der Waals surface area contributed by atoms with Crippen molar-refractivity contribution in [3.05, 3.63) is 35.9 Å². The van der Waals surface area contributed by atoms with Crippen LogP contribution in [0.1, 0.15) is 31.2 Å². The lowest BCUT2D eigenvalue weighted by atomic mass is 10.1. The summed E-state index contributed by atoms with van der Waals surface area (Å²) in [6, 6.07) is 9.40. The zero-order valence-corrected chi connectivity index (χ0v) is 13.4. The van der Waals surface area contributed by atoms with Gasteiger partial charge in [0.2, 0.25) is 5.91 Å². The van der Waals surface area contributed by atoms with Crippen LogP contribution in [0, 0.1) is 0 Å². The quantitative estimate of drug-likeness (QED) is 0.528. The van der Waals surface area contributed by atoms with Crippen molar-refractivity contribution < 1.29 is 4.79 Å². The number of hydrogen-bond donors (Lipinski definition) is 3. The molecule has 22 heavy (non-hydrogen) atoms. The summed E-state index contributed by atoms with van der Waals surface area (Å²) in [5.74, 6) is 0.0258. The third kappa shape index (κ3) is 7.02. The van der Waals surface area contributed by atoms with E-state index in [4.69, 9.17) is 17.2 Å². The number of benzene rings is 1. The Labute approximate surface area is 133 Å². The van der Waals surface area contributed by atoms with Gasteiger partial charge in [-0.1, -0.05) is 30.3 Å². The van der Waals surface area contributed by atoms with E-state index >= 15 is 0 Å². The van der Waals surface area contributed by atoms with Crippen molar-refractivity contribution in [2.75, 3.05) is 26.2 Å². The van der Waals surface area contributed by atoms with Gasteiger partial charge in [-0.2, -0.15) is 0 Å². The van der Waals surface area contributed by atoms with Gasteiger partial charge in [0.05, 0.1) is 6.04 Å². The van der Waals surface area contributed by atoms with Gasteiger partial charge in [-0.05, 0) is 50.8 Å². The number of carbonyl (C=O) groups excluding carboxylic acids is 1. The molecule has 0 aliphatic rings. The molecule has 1 atom stereocenters. The zero-order valence-electron chi connectivity index (χ0n) is 13.4. The molecule has 0 heterocycles. The molecule has 1 aromatic rings. The second kappa shape index (κ2) is 11.2. The lowest BCUT2D eigenvalue weighted by Crippen LogP contribution is -2.45. The molecule has 0 aromatic heterocycles. The number of unbranched alkanes of at least 4 members (excludes halogenated alkanes) is 2. The highest BCUT2D eigenvalue weighted by Crippen LogP contribution is 2.07. The highest BCUT2D eigenvalue weighted by molar-refractivity contribution is 5.82. The normalized spacial score (nSPS) is 12.1. The lowest BCUT2D eigenvalue weighted by Gasteiger charge is -2.26. The molecule has 124 valence electrons. The first-order chi connectivity index (χ1) is 10.7. The van der Waals surface area contributed by atoms with Crippen molar-refractivity contribution in [2.24, 2.45) is 17.2 Å². The second-order valence-corrected chi connectivity index (χ2v) is 5.61. The summed E-state index contributed by atoms with van der Waals surface area (Å²) < 4.78 is 0. The predicted molar refractivity (Wildman–Crippen MR) is 91.3 cm³/mol. The van der Waals surface area contributed by atoms with Crippen LogP contribution in [0.4, 0.5) is 0 Å². The van der Waals surface area contributed by atoms with Crippen LogP contribution in [-0.2, 0) is 11.2 Å². The molecule has 5 heteroatoms. The maximum absolute atomic E-state index is 12.6. The van der Waals surface area contributed by atoms with Crippen LogP contribution in [0.2, 0.25) is 0 Å². The Balaban J connectivity index is 2.55. The molecule has 0 aliphatic carbocycles. The second-order valence-electron chi connectivity index (χ2n) is 5.61. The number of nitrogens with two attached hydrogens (primary N) is 3. The van der Waals surface area contributed by atoms with Crippen LogP contribution in [0.3, 0.4) is 0 Å². The summed E-state index contributed by atoms with van der Waals surface area (Å²) in [7, 11) is 0. The molecular formula is C17H30N4O. The Morgan fingerprint density at radius 2 is 1.50 bits per heavy atom. The summed E-state index contributed by atoms with van der Waals surface area (Å²) in [6.07, 6.45) is 4.26. The molecule has 6 N–H and O–H groups in total. The largest absolute Gasteiger partial charge is 0.341 e. The molecule has 0 fully saturated rings. The van der Waals surface area contributed by atoms with Gasteiger partial charge in [-0.15, -0.1) is 0 Å². The Bertz CT molecular complexity index is 400. The van der Waals surface area contributed by atoms with E-state index in [2.05, 4.69) is 0 Å². The number of amides is 1. The minimum atomic E-state index is -0.488. The van der Waals surface area contributed by atoms with Gasteiger partial charge in [-0.3, -0.25) is 4.79 Å². The summed E-state index contributed by atoms with van der Waals surface area (Å²) in [6.45, 7) is 2.76. The summed E-state index contributed by atoms with van der Waals surface area (Å²) in [5.41, 5.74) is 18.3. The van der Waals surface area contributed by atoms with Gasteiger partial charge in [0, 0.05) is 13.1 Å². The predicted octanol–water partition coefficient (Wildman–Crippen LogP) is 0.863. The molecule has 0 bridgehead atoms. The third-order valence-electron chi connectivity index (χ3n) is 3.69. The van der Waals surface area contributed by atoms with Crippen molar-refractivity contribution in [2.45, 2.75) is 38.1 Å². The average Bonchev–Trinajstić information content (AvgIpc) is 2.54. The van der Waals surface area contributed by atoms with Gasteiger partial charge in [-0.25, -0.2) is 0 Å². The smallest absolute Gasteiger partial charge is 0.239 e. The Hall–Kier alpha value is -1.43. The highest BCUT2D eigenvalue weighted by Gasteiger charge is 2.20. The Morgan fingerprint density at radius 3 is 2.00 bits per heavy atom. The molecule has 0 saturated heterocycles. The third-order valence-corrected chi connectivity index (χ3v) is 3.69. The molecule has 5 nitrogen and oxygen atoms in total. The van der Waals surface area contributed by atoms with E-state index in [0.717, 1.165) is 44.3 Å². The molecule has 1 amide bonds. The monoisotopic (exact) mass is 306 g/mol. The maximum Gasteiger partial charge on any atom is 0.239 e. The van der Waals surface area contributed by atoms with Crippen LogP contribution in [0.25, 0.3) is 0 Å². The molecule has 0 aliphatic heterocycles. The average molecular weight is 306 g/mol. The van der Waals surface area contributed by atoms with Crippen molar-refractivity contribution in [1.82, 2.24) is 4.90 Å². The fourth-order valence-electron chi connectivity index (χ4n) is 2.42. The van der Waals surface area contributed by atoms with Crippen LogP contribution in [-0.4, -0.2) is 43.0 Å². The van der Waals surface area contributed by atoms with Crippen molar-refractivity contribution >= 4 is 5.91 Å². The molecule has 0 unspecified atom stereocenters. The minimum absolute atomic E-state index is 0.0258. The number of hydrogen-bond acceptors (Lipinski definition) is 4. The maximum atomic E-state index is 12.6. The van der Waals surface area contributed by atoms with Gasteiger partial charge in [0.1, 0.15) is 0 Å². The van der Waals surface area contributed by atoms with E-state index in [-0.39, 0.29) is 5.91 Å². The van der Waals surface area contributed by atoms with E-state index in [1.54, 1.807) is 0 Å². The first-order valence-electron chi connectivity index (χ1n) is 8.17. The number of carbonyl (C=O) groups is 1. The van der Waals surface area contributed by atoms with Crippen LogP contribution < -0.4 is 17.2 Å². The van der Waals surface area contributed by atoms with Gasteiger partial charge in [0.25, 0.3) is 0 Å². The Kier molecular flexibility index (Phi) is 9.46. The molecule has 0 radical (unpaired) electrons. The van der Waals surface area contributed by atoms with Crippen LogP contribution in [0.5, 0.6) is 0 Å². The fourth-order valence-corrected chi connectivity index (χ4v) is 2.42. The summed E-state index contributed by atoms with van der Waals surface area (Å²) in [4.78, 5) is 14.4. The van der Waals surface area contributed by atoms with Crippen molar-refractivity contribution in [3.63, 3.8) is 0 Å². The van der Waals surface area contributed by atoms with E-state index in [1.807, 2.05) is 35.2 Å². The van der Waals surface area contributed by atoms with E-state index in [1.165, 1.54) is 0 Å². The summed E-state index contributed by atoms with van der Waals surface area (Å²) in [5, 5.41) is 0. The highest BCUT2D eigenvalue weighted by atomic mass is 16.2. The summed E-state index contributed by atoms with van der Waals surface area (Å²) >= 11 is 0. The number of rotatable bonds is 11. The van der Waals surface area contributed by atoms with Crippen molar-refractivity contribution in [1.29, 1.82) is 0 Å². The Morgan fingerprint density at radius 1 is 0.955 bits per heavy atom. The molecule has 0 spiro atoms. The van der Waals surface area contributed by atoms with Crippen molar-refractivity contribution in [3.8, 4) is 0 Å². The first-order valence-corrected chi connectivity index (χ1v) is 8.17. The molecule has 1 rings (SSSR count). The van der Waals surface area contributed by atoms with E-state index < -0.39 is 6.04 Å². The first kappa shape index (κ1) is 18.6. The molecular weight excluding hydrogens is 276 g/mol. The topological polar surface area (TPSA) is 98.4 Å². The van der Waals surface area contributed by atoms with Gasteiger partial charge in [0.15, 0.2) is 0 Å². The SMILES string of the molecule is NCCCCN(CCCCN)C(=O)[C@H](N)Cc1ccccc1. The van der Waals surface area contributed by atoms with Gasteiger partial charge < -0.3 is 22.1 Å². The van der Waals surface area contributed by atoms with E-state index in [9.17, 15) is 4.79 Å². The minimum Gasteiger partial charge on any atom is -0.341 e. The van der Waals surface area contributed by atoms with E-state index in [0.29, 0.717) is 19.5 Å². The van der Waals surface area contributed by atoms with Crippen LogP contribution >= 0.6 is 0 Å². The zero-order chi connectivity index (χ0) is 16.2. The van der Waals surface area contributed by atoms with Crippen LogP contribution in [0.15, 0.2) is 30.3 Å². The number of nitrogens with zero attached hydrogens (tertiary/aromatic N) is 1. The fraction of sp³-hybridized carbons (Fsp3) is 0.588. The molecule has 0 saturated carbocycles.